The maximum atomic E-state index is 12.7. The van der Waals surface area contributed by atoms with Crippen LogP contribution in [0.3, 0.4) is 0 Å². The highest BCUT2D eigenvalue weighted by Crippen LogP contribution is 2.19. The Bertz CT molecular complexity index is 795. The Labute approximate surface area is 164 Å². The van der Waals surface area contributed by atoms with Gasteiger partial charge in [0.05, 0.1) is 6.04 Å². The summed E-state index contributed by atoms with van der Waals surface area (Å²) in [6.07, 6.45) is 1.93. The molecule has 0 radical (unpaired) electrons. The quantitative estimate of drug-likeness (QED) is 0.750. The third-order valence-corrected chi connectivity index (χ3v) is 4.79. The SMILES string of the molecule is O=CC(Cc1ccccc1)NC(=O)[C@@H]1CCCN1C(=O)OCc1ccccc1. The lowest BCUT2D eigenvalue weighted by Crippen LogP contribution is -2.49. The van der Waals surface area contributed by atoms with E-state index in [1.54, 1.807) is 0 Å². The molecular formula is C22H24N2O4. The number of ether oxygens (including phenoxy) is 1. The van der Waals surface area contributed by atoms with Gasteiger partial charge in [-0.25, -0.2) is 4.79 Å². The average molecular weight is 380 g/mol. The van der Waals surface area contributed by atoms with Crippen molar-refractivity contribution in [3.05, 3.63) is 71.8 Å². The van der Waals surface area contributed by atoms with Gasteiger partial charge in [0.15, 0.2) is 0 Å². The van der Waals surface area contributed by atoms with Gasteiger partial charge in [0.1, 0.15) is 18.9 Å². The van der Waals surface area contributed by atoms with E-state index in [4.69, 9.17) is 4.74 Å². The minimum Gasteiger partial charge on any atom is -0.445 e. The summed E-state index contributed by atoms with van der Waals surface area (Å²) in [4.78, 5) is 38.0. The van der Waals surface area contributed by atoms with Crippen LogP contribution >= 0.6 is 0 Å². The van der Waals surface area contributed by atoms with Crippen molar-refractivity contribution >= 4 is 18.3 Å². The molecule has 3 rings (SSSR count). The van der Waals surface area contributed by atoms with E-state index in [0.29, 0.717) is 19.4 Å². The lowest BCUT2D eigenvalue weighted by molar-refractivity contribution is -0.127. The zero-order valence-corrected chi connectivity index (χ0v) is 15.6. The molecule has 2 aromatic carbocycles. The smallest absolute Gasteiger partial charge is 0.410 e. The molecule has 2 aromatic rings. The molecule has 0 spiro atoms. The molecule has 0 saturated carbocycles. The van der Waals surface area contributed by atoms with Gasteiger partial charge in [-0.05, 0) is 30.4 Å². The van der Waals surface area contributed by atoms with Gasteiger partial charge in [-0.3, -0.25) is 9.69 Å². The van der Waals surface area contributed by atoms with Gasteiger partial charge in [-0.15, -0.1) is 0 Å². The topological polar surface area (TPSA) is 75.7 Å². The summed E-state index contributed by atoms with van der Waals surface area (Å²) in [5.41, 5.74) is 1.85. The number of nitrogens with one attached hydrogen (secondary N) is 1. The van der Waals surface area contributed by atoms with Crippen LogP contribution in [0.2, 0.25) is 0 Å². The molecule has 2 amide bonds. The van der Waals surface area contributed by atoms with Gasteiger partial charge < -0.3 is 14.8 Å². The van der Waals surface area contributed by atoms with Gasteiger partial charge in [0.2, 0.25) is 5.91 Å². The van der Waals surface area contributed by atoms with Gasteiger partial charge in [0, 0.05) is 6.54 Å². The summed E-state index contributed by atoms with van der Waals surface area (Å²) in [7, 11) is 0. The fourth-order valence-electron chi connectivity index (χ4n) is 3.34. The third kappa shape index (κ3) is 5.19. The summed E-state index contributed by atoms with van der Waals surface area (Å²) < 4.78 is 5.36. The van der Waals surface area contributed by atoms with E-state index in [1.165, 1.54) is 4.90 Å². The molecule has 28 heavy (non-hydrogen) atoms. The van der Waals surface area contributed by atoms with E-state index in [2.05, 4.69) is 5.32 Å². The van der Waals surface area contributed by atoms with Crippen LogP contribution in [0.15, 0.2) is 60.7 Å². The number of amides is 2. The van der Waals surface area contributed by atoms with Crippen molar-refractivity contribution in [1.82, 2.24) is 10.2 Å². The Balaban J connectivity index is 1.55. The number of aldehydes is 1. The van der Waals surface area contributed by atoms with E-state index < -0.39 is 18.2 Å². The normalized spacial score (nSPS) is 17.0. The molecule has 146 valence electrons. The Morgan fingerprint density at radius 3 is 2.36 bits per heavy atom. The first-order valence-electron chi connectivity index (χ1n) is 9.44. The Morgan fingerprint density at radius 1 is 1.07 bits per heavy atom. The van der Waals surface area contributed by atoms with Crippen molar-refractivity contribution in [3.63, 3.8) is 0 Å². The highest BCUT2D eigenvalue weighted by atomic mass is 16.6. The van der Waals surface area contributed by atoms with Gasteiger partial charge in [-0.2, -0.15) is 0 Å². The Morgan fingerprint density at radius 2 is 1.71 bits per heavy atom. The molecule has 0 aromatic heterocycles. The fourth-order valence-corrected chi connectivity index (χ4v) is 3.34. The molecule has 1 aliphatic heterocycles. The first-order chi connectivity index (χ1) is 13.7. The van der Waals surface area contributed by atoms with Gasteiger partial charge >= 0.3 is 6.09 Å². The van der Waals surface area contributed by atoms with Crippen LogP contribution in [0.4, 0.5) is 4.79 Å². The molecule has 6 nitrogen and oxygen atoms in total. The first kappa shape index (κ1) is 19.6. The number of carbonyl (C=O) groups excluding carboxylic acids is 3. The predicted molar refractivity (Wildman–Crippen MR) is 104 cm³/mol. The first-order valence-corrected chi connectivity index (χ1v) is 9.44. The molecule has 1 N–H and O–H groups in total. The Hall–Kier alpha value is -3.15. The number of carbonyl (C=O) groups is 3. The van der Waals surface area contributed by atoms with Crippen LogP contribution in [0.1, 0.15) is 24.0 Å². The molecule has 0 aliphatic carbocycles. The molecule has 1 saturated heterocycles. The molecule has 6 heteroatoms. The molecule has 1 fully saturated rings. The molecular weight excluding hydrogens is 356 g/mol. The second kappa shape index (κ2) is 9.69. The number of hydrogen-bond acceptors (Lipinski definition) is 4. The van der Waals surface area contributed by atoms with Crippen molar-refractivity contribution in [2.75, 3.05) is 6.54 Å². The predicted octanol–water partition coefficient (Wildman–Crippen LogP) is 2.71. The van der Waals surface area contributed by atoms with Crippen LogP contribution in [-0.2, 0) is 27.4 Å². The summed E-state index contributed by atoms with van der Waals surface area (Å²) in [5, 5.41) is 2.76. The zero-order valence-electron chi connectivity index (χ0n) is 15.6. The summed E-state index contributed by atoms with van der Waals surface area (Å²) in [6.45, 7) is 0.631. The summed E-state index contributed by atoms with van der Waals surface area (Å²) in [6, 6.07) is 17.7. The van der Waals surface area contributed by atoms with Crippen molar-refractivity contribution in [1.29, 1.82) is 0 Å². The Kier molecular flexibility index (Phi) is 6.78. The maximum Gasteiger partial charge on any atom is 0.410 e. The van der Waals surface area contributed by atoms with E-state index in [-0.39, 0.29) is 12.5 Å². The van der Waals surface area contributed by atoms with Crippen molar-refractivity contribution in [2.24, 2.45) is 0 Å². The summed E-state index contributed by atoms with van der Waals surface area (Å²) >= 11 is 0. The van der Waals surface area contributed by atoms with E-state index >= 15 is 0 Å². The number of likely N-dealkylation sites (tertiary alicyclic amines) is 1. The average Bonchev–Trinajstić information content (AvgIpc) is 3.23. The van der Waals surface area contributed by atoms with Gasteiger partial charge in [-0.1, -0.05) is 60.7 Å². The second-order valence-electron chi connectivity index (χ2n) is 6.83. The van der Waals surface area contributed by atoms with Gasteiger partial charge in [0.25, 0.3) is 0 Å². The second-order valence-corrected chi connectivity index (χ2v) is 6.83. The van der Waals surface area contributed by atoms with Crippen LogP contribution in [0, 0.1) is 0 Å². The van der Waals surface area contributed by atoms with Crippen LogP contribution < -0.4 is 5.32 Å². The van der Waals surface area contributed by atoms with Crippen molar-refractivity contribution < 1.29 is 19.1 Å². The molecule has 0 bridgehead atoms. The zero-order chi connectivity index (χ0) is 19.8. The van der Waals surface area contributed by atoms with Crippen LogP contribution in [0.5, 0.6) is 0 Å². The number of rotatable bonds is 7. The van der Waals surface area contributed by atoms with Crippen LogP contribution in [-0.4, -0.2) is 41.8 Å². The number of nitrogens with zero attached hydrogens (tertiary/aromatic N) is 1. The fraction of sp³-hybridized carbons (Fsp3) is 0.318. The van der Waals surface area contributed by atoms with E-state index in [9.17, 15) is 14.4 Å². The van der Waals surface area contributed by atoms with Crippen molar-refractivity contribution in [3.8, 4) is 0 Å². The van der Waals surface area contributed by atoms with E-state index in [0.717, 1.165) is 23.8 Å². The number of hydrogen-bond donors (Lipinski definition) is 1. The lowest BCUT2D eigenvalue weighted by atomic mass is 10.1. The van der Waals surface area contributed by atoms with Crippen LogP contribution in [0.25, 0.3) is 0 Å². The standard InChI is InChI=1S/C22H24N2O4/c25-15-19(14-17-8-3-1-4-9-17)23-21(26)20-12-7-13-24(20)22(27)28-16-18-10-5-2-6-11-18/h1-6,8-11,15,19-20H,7,12-14,16H2,(H,23,26)/t19?,20-/m0/s1. The highest BCUT2D eigenvalue weighted by molar-refractivity contribution is 5.88. The number of benzene rings is 2. The monoisotopic (exact) mass is 380 g/mol. The minimum atomic E-state index is -0.627. The lowest BCUT2D eigenvalue weighted by Gasteiger charge is -2.24. The minimum absolute atomic E-state index is 0.162. The largest absolute Gasteiger partial charge is 0.445 e. The van der Waals surface area contributed by atoms with Crippen molar-refractivity contribution in [2.45, 2.75) is 38.0 Å². The van der Waals surface area contributed by atoms with E-state index in [1.807, 2.05) is 60.7 Å². The highest BCUT2D eigenvalue weighted by Gasteiger charge is 2.35. The third-order valence-electron chi connectivity index (χ3n) is 4.79. The maximum absolute atomic E-state index is 12.7. The molecule has 1 heterocycles. The summed E-state index contributed by atoms with van der Waals surface area (Å²) in [5.74, 6) is -0.317. The molecule has 1 unspecified atom stereocenters. The molecule has 1 aliphatic rings. The molecule has 2 atom stereocenters.